The Labute approximate surface area is 112 Å². The van der Waals surface area contributed by atoms with Crippen molar-refractivity contribution >= 4 is 14.1 Å². The van der Waals surface area contributed by atoms with Gasteiger partial charge >= 0.3 is 6.18 Å². The smallest absolute Gasteiger partial charge is 0.166 e. The molecule has 0 spiro atoms. The van der Waals surface area contributed by atoms with Crippen LogP contribution in [0.2, 0.25) is 10.6 Å². The minimum Gasteiger partial charge on any atom is -0.166 e. The predicted molar refractivity (Wildman–Crippen MR) is 71.1 cm³/mol. The normalized spacial score (nSPS) is 11.6. The quantitative estimate of drug-likeness (QED) is 0.632. The highest BCUT2D eigenvalue weighted by Crippen LogP contribution is 2.32. The molecule has 1 aromatic carbocycles. The Morgan fingerprint density at radius 3 is 2.06 bits per heavy atom. The molecule has 0 nitrogen and oxygen atoms in total. The first kappa shape index (κ1) is 15.6. The Morgan fingerprint density at radius 2 is 1.56 bits per heavy atom. The lowest BCUT2D eigenvalue weighted by Gasteiger charge is -2.15. The highest BCUT2D eigenvalue weighted by atomic mass is 27.2. The second kappa shape index (κ2) is 7.21. The molecule has 0 aliphatic heterocycles. The molecule has 1 rings (SSSR count). The van der Waals surface area contributed by atoms with Crippen molar-refractivity contribution in [3.8, 4) is 0 Å². The average molecular weight is 272 g/mol. The molecule has 100 valence electrons. The summed E-state index contributed by atoms with van der Waals surface area (Å²) in [5.74, 6) is 0. The van der Waals surface area contributed by atoms with E-state index >= 15 is 0 Å². The lowest BCUT2D eigenvalue weighted by molar-refractivity contribution is -0.138. The minimum atomic E-state index is -4.21. The fourth-order valence-electron chi connectivity index (χ4n) is 2.45. The van der Waals surface area contributed by atoms with Crippen LogP contribution in [0.25, 0.3) is 0 Å². The number of benzene rings is 1. The molecule has 0 aliphatic rings. The first-order valence-electron chi connectivity index (χ1n) is 6.64. The third-order valence-electron chi connectivity index (χ3n) is 3.23. The molecule has 0 fully saturated rings. The molecule has 0 N–H and O–H groups in total. The maximum Gasteiger partial charge on any atom is 0.416 e. The van der Waals surface area contributed by atoms with Gasteiger partial charge in [0.1, 0.15) is 0 Å². The zero-order valence-electron chi connectivity index (χ0n) is 11.1. The van der Waals surface area contributed by atoms with Gasteiger partial charge in [-0.05, 0) is 11.6 Å². The van der Waals surface area contributed by atoms with E-state index in [0.717, 1.165) is 23.4 Å². The second-order valence-corrected chi connectivity index (χ2v) is 8.10. The Hall–Kier alpha value is -0.458. The van der Waals surface area contributed by atoms with Crippen LogP contribution < -0.4 is 0 Å². The first-order valence-corrected chi connectivity index (χ1v) is 9.09. The van der Waals surface area contributed by atoms with Crippen LogP contribution in [0.4, 0.5) is 13.2 Å². The predicted octanol–water partition coefficient (Wildman–Crippen LogP) is 5.10. The van der Waals surface area contributed by atoms with Crippen molar-refractivity contribution in [2.75, 3.05) is 0 Å². The molecular weight excluding hydrogens is 252 g/mol. The molecule has 0 atom stereocenters. The zero-order valence-corrected chi connectivity index (χ0v) is 12.2. The summed E-state index contributed by atoms with van der Waals surface area (Å²) in [4.78, 5) is 0. The molecule has 0 radical (unpaired) electrons. The molecule has 0 amide bonds. The maximum atomic E-state index is 12.9. The van der Waals surface area contributed by atoms with E-state index in [1.54, 1.807) is 12.1 Å². The van der Waals surface area contributed by atoms with E-state index in [0.29, 0.717) is 10.8 Å². The van der Waals surface area contributed by atoms with E-state index in [4.69, 9.17) is 0 Å². The molecule has 0 aromatic heterocycles. The summed E-state index contributed by atoms with van der Waals surface area (Å²) in [7, 11) is 0. The van der Waals surface area contributed by atoms with E-state index in [2.05, 4.69) is 13.8 Å². The first-order chi connectivity index (χ1) is 8.49. The summed E-state index contributed by atoms with van der Waals surface area (Å²) in [6, 6.07) is 6.04. The third-order valence-corrected chi connectivity index (χ3v) is 7.03. The van der Waals surface area contributed by atoms with Crippen molar-refractivity contribution in [3.63, 3.8) is 0 Å². The topological polar surface area (TPSA) is 0 Å². The molecule has 4 heteroatoms. The van der Waals surface area contributed by atoms with Gasteiger partial charge in [0.15, 0.2) is 0 Å². The Balaban J connectivity index is 2.88. The van der Waals surface area contributed by atoms with Gasteiger partial charge in [-0.1, -0.05) is 60.7 Å². The molecule has 18 heavy (non-hydrogen) atoms. The van der Waals surface area contributed by atoms with Gasteiger partial charge in [-0.15, -0.1) is 0 Å². The van der Waals surface area contributed by atoms with E-state index in [-0.39, 0.29) is 0 Å². The van der Waals surface area contributed by atoms with Gasteiger partial charge in [0.25, 0.3) is 14.1 Å². The van der Waals surface area contributed by atoms with Gasteiger partial charge in [-0.2, -0.15) is 13.2 Å². The van der Waals surface area contributed by atoms with Crippen molar-refractivity contribution in [3.05, 3.63) is 35.4 Å². The Bertz CT molecular complexity index is 354. The number of halogens is 3. The minimum absolute atomic E-state index is 0.435. The summed E-state index contributed by atoms with van der Waals surface area (Å²) in [6.07, 6.45) is -2.04. The highest BCUT2D eigenvalue weighted by Gasteiger charge is 2.33. The van der Waals surface area contributed by atoms with Crippen LogP contribution in [0.5, 0.6) is 0 Å². The summed E-state index contributed by atoms with van der Waals surface area (Å²) in [5.41, 5.74) is 0.0678. The van der Waals surface area contributed by atoms with Crippen LogP contribution in [0, 0.1) is 0 Å². The molecule has 0 aliphatic carbocycles. The lowest BCUT2D eigenvalue weighted by atomic mass is 10.1. The van der Waals surface area contributed by atoms with E-state index in [1.165, 1.54) is 12.1 Å². The number of rotatable bonds is 6. The Morgan fingerprint density at radius 1 is 1.00 bits per heavy atom. The highest BCUT2D eigenvalue weighted by molar-refractivity contribution is 6.58. The van der Waals surface area contributed by atoms with Crippen LogP contribution in [-0.4, -0.2) is 14.1 Å². The van der Waals surface area contributed by atoms with Crippen molar-refractivity contribution in [1.29, 1.82) is 0 Å². The van der Waals surface area contributed by atoms with Crippen molar-refractivity contribution < 1.29 is 13.2 Å². The zero-order chi connectivity index (χ0) is 13.6. The van der Waals surface area contributed by atoms with Gasteiger partial charge in [-0.25, -0.2) is 0 Å². The van der Waals surface area contributed by atoms with Crippen LogP contribution >= 0.6 is 0 Å². The van der Waals surface area contributed by atoms with Crippen molar-refractivity contribution in [2.45, 2.75) is 48.7 Å². The maximum absolute atomic E-state index is 12.9. The summed E-state index contributed by atoms with van der Waals surface area (Å²) in [5, 5.41) is 2.96. The van der Waals surface area contributed by atoms with E-state index < -0.39 is 25.9 Å². The van der Waals surface area contributed by atoms with E-state index in [1.807, 2.05) is 0 Å². The van der Waals surface area contributed by atoms with Crippen LogP contribution in [0.15, 0.2) is 24.3 Å². The standard InChI is InChI=1S/C8H6F3.2C3H7.Al/c1-6-4-2-3-5-7(6)8(9,10)11;2*1-3-2;/h2-5H,1H2;2*1,3H2,2H3;. The van der Waals surface area contributed by atoms with Gasteiger partial charge in [-0.3, -0.25) is 0 Å². The molecule has 0 saturated heterocycles. The van der Waals surface area contributed by atoms with E-state index in [9.17, 15) is 13.2 Å². The molecule has 0 heterocycles. The number of alkyl halides is 3. The molecule has 0 unspecified atom stereocenters. The molecular formula is C14H20AlF3. The van der Waals surface area contributed by atoms with Gasteiger partial charge in [0, 0.05) is 0 Å². The summed E-state index contributed by atoms with van der Waals surface area (Å²) < 4.78 is 38.7. The molecule has 0 saturated carbocycles. The molecule has 1 aromatic rings. The SMILES string of the molecule is CC[CH2][Al]([CH2]CC)[CH2]c1ccccc1C(F)(F)F. The van der Waals surface area contributed by atoms with Gasteiger partial charge in [0.05, 0.1) is 5.56 Å². The number of hydrogen-bond acceptors (Lipinski definition) is 0. The van der Waals surface area contributed by atoms with Crippen LogP contribution in [0.3, 0.4) is 0 Å². The fraction of sp³-hybridized carbons (Fsp3) is 0.571. The third kappa shape index (κ3) is 4.67. The van der Waals surface area contributed by atoms with Crippen LogP contribution in [-0.2, 0) is 11.5 Å². The van der Waals surface area contributed by atoms with Gasteiger partial charge < -0.3 is 0 Å². The Kier molecular flexibility index (Phi) is 6.25. The van der Waals surface area contributed by atoms with Crippen molar-refractivity contribution in [2.24, 2.45) is 0 Å². The monoisotopic (exact) mass is 272 g/mol. The number of hydrogen-bond donors (Lipinski definition) is 0. The van der Waals surface area contributed by atoms with Crippen LogP contribution in [0.1, 0.15) is 37.8 Å². The molecule has 0 bridgehead atoms. The summed E-state index contributed by atoms with van der Waals surface area (Å²) in [6.45, 7) is 4.23. The fourth-order valence-corrected chi connectivity index (χ4v) is 5.76. The largest absolute Gasteiger partial charge is 0.416 e. The second-order valence-electron chi connectivity index (χ2n) is 4.80. The average Bonchev–Trinajstić information content (AvgIpc) is 2.29. The van der Waals surface area contributed by atoms with Gasteiger partial charge in [0.2, 0.25) is 0 Å². The summed E-state index contributed by atoms with van der Waals surface area (Å²) >= 11 is -1.06. The lowest BCUT2D eigenvalue weighted by Crippen LogP contribution is -2.19. The van der Waals surface area contributed by atoms with Crippen molar-refractivity contribution in [1.82, 2.24) is 0 Å².